The van der Waals surface area contributed by atoms with E-state index in [-0.39, 0.29) is 5.91 Å². The van der Waals surface area contributed by atoms with Crippen LogP contribution in [0.25, 0.3) is 0 Å². The lowest BCUT2D eigenvalue weighted by Crippen LogP contribution is -2.35. The predicted molar refractivity (Wildman–Crippen MR) is 61.4 cm³/mol. The fourth-order valence-electron chi connectivity index (χ4n) is 2.16. The molecule has 0 spiro atoms. The van der Waals surface area contributed by atoms with Crippen molar-refractivity contribution in [3.63, 3.8) is 0 Å². The van der Waals surface area contributed by atoms with E-state index in [0.717, 1.165) is 13.0 Å². The van der Waals surface area contributed by atoms with Crippen LogP contribution in [0.5, 0.6) is 0 Å². The average Bonchev–Trinajstić information content (AvgIpc) is 2.91. The highest BCUT2D eigenvalue weighted by Gasteiger charge is 2.22. The molecule has 0 unspecified atom stereocenters. The summed E-state index contributed by atoms with van der Waals surface area (Å²) in [7, 11) is 0. The third-order valence-electron chi connectivity index (χ3n) is 3.10. The Bertz CT molecular complexity index is 534. The van der Waals surface area contributed by atoms with E-state index in [1.165, 1.54) is 23.6 Å². The fourth-order valence-corrected chi connectivity index (χ4v) is 2.16. The van der Waals surface area contributed by atoms with E-state index >= 15 is 0 Å². The first-order valence-corrected chi connectivity index (χ1v) is 5.60. The summed E-state index contributed by atoms with van der Waals surface area (Å²) in [6.45, 7) is 1.42. The number of hydrogen-bond acceptors (Lipinski definition) is 3. The van der Waals surface area contributed by atoms with Crippen molar-refractivity contribution in [3.05, 3.63) is 53.4 Å². The third kappa shape index (κ3) is 1.82. The summed E-state index contributed by atoms with van der Waals surface area (Å²) in [6.07, 6.45) is 3.76. The van der Waals surface area contributed by atoms with Gasteiger partial charge in [-0.25, -0.2) is 0 Å². The maximum atomic E-state index is 12.1. The minimum absolute atomic E-state index is 0.0132. The first kappa shape index (κ1) is 10.1. The van der Waals surface area contributed by atoms with Crippen molar-refractivity contribution in [2.45, 2.75) is 13.0 Å². The lowest BCUT2D eigenvalue weighted by atomic mass is 9.99. The van der Waals surface area contributed by atoms with E-state index in [2.05, 4.69) is 17.3 Å². The second-order valence-corrected chi connectivity index (χ2v) is 4.16. The molecule has 0 saturated carbocycles. The number of rotatable bonds is 1. The van der Waals surface area contributed by atoms with Crippen LogP contribution in [0.3, 0.4) is 0 Å². The van der Waals surface area contributed by atoms with Crippen molar-refractivity contribution in [1.29, 1.82) is 0 Å². The van der Waals surface area contributed by atoms with E-state index in [0.29, 0.717) is 12.1 Å². The Labute approximate surface area is 98.8 Å². The molecule has 1 aromatic heterocycles. The summed E-state index contributed by atoms with van der Waals surface area (Å²) in [5.41, 5.74) is 3.08. The zero-order valence-electron chi connectivity index (χ0n) is 9.30. The number of aromatic nitrogens is 1. The Hall–Kier alpha value is -2.10. The van der Waals surface area contributed by atoms with Gasteiger partial charge in [0, 0.05) is 13.1 Å². The second-order valence-electron chi connectivity index (χ2n) is 4.16. The van der Waals surface area contributed by atoms with Crippen molar-refractivity contribution in [2.24, 2.45) is 0 Å². The molecule has 1 aromatic carbocycles. The number of hydrogen-bond donors (Lipinski definition) is 0. The largest absolute Gasteiger partial charge is 0.364 e. The van der Waals surface area contributed by atoms with Gasteiger partial charge in [-0.15, -0.1) is 0 Å². The molecule has 0 saturated heterocycles. The predicted octanol–water partition coefficient (Wildman–Crippen LogP) is 1.87. The van der Waals surface area contributed by atoms with Crippen molar-refractivity contribution in [2.75, 3.05) is 6.54 Å². The maximum absolute atomic E-state index is 12.1. The van der Waals surface area contributed by atoms with Crippen LogP contribution in [0.4, 0.5) is 0 Å². The highest BCUT2D eigenvalue weighted by atomic mass is 16.5. The van der Waals surface area contributed by atoms with E-state index in [1.54, 1.807) is 0 Å². The number of carbonyl (C=O) groups excluding carboxylic acids is 1. The molecule has 0 radical (unpaired) electrons. The summed E-state index contributed by atoms with van der Waals surface area (Å²) in [4.78, 5) is 13.9. The van der Waals surface area contributed by atoms with E-state index in [9.17, 15) is 4.79 Å². The third-order valence-corrected chi connectivity index (χ3v) is 3.10. The van der Waals surface area contributed by atoms with Crippen LogP contribution in [-0.2, 0) is 13.0 Å². The number of amides is 1. The molecule has 4 nitrogen and oxygen atoms in total. The molecule has 0 atom stereocenters. The Morgan fingerprint density at radius 3 is 2.88 bits per heavy atom. The van der Waals surface area contributed by atoms with Gasteiger partial charge in [0.05, 0.1) is 11.8 Å². The van der Waals surface area contributed by atoms with Crippen LogP contribution < -0.4 is 0 Å². The van der Waals surface area contributed by atoms with Gasteiger partial charge in [0.1, 0.15) is 6.26 Å². The van der Waals surface area contributed by atoms with E-state index in [1.807, 2.05) is 17.0 Å². The zero-order valence-corrected chi connectivity index (χ0v) is 9.30. The van der Waals surface area contributed by atoms with Crippen molar-refractivity contribution >= 4 is 5.91 Å². The highest BCUT2D eigenvalue weighted by molar-refractivity contribution is 5.93. The number of benzene rings is 1. The number of fused-ring (bicyclic) bond motifs is 1. The Kier molecular flexibility index (Phi) is 2.40. The molecule has 0 aliphatic carbocycles. The van der Waals surface area contributed by atoms with Crippen molar-refractivity contribution < 1.29 is 9.32 Å². The summed E-state index contributed by atoms with van der Waals surface area (Å²) in [5.74, 6) is -0.0132. The Morgan fingerprint density at radius 2 is 2.12 bits per heavy atom. The first-order valence-electron chi connectivity index (χ1n) is 5.60. The molecule has 1 aliphatic heterocycles. The van der Waals surface area contributed by atoms with E-state index in [4.69, 9.17) is 4.52 Å². The van der Waals surface area contributed by atoms with Crippen LogP contribution in [0.1, 0.15) is 21.5 Å². The Balaban J connectivity index is 1.83. The first-order chi connectivity index (χ1) is 8.34. The molecule has 17 heavy (non-hydrogen) atoms. The van der Waals surface area contributed by atoms with Crippen molar-refractivity contribution in [1.82, 2.24) is 10.1 Å². The van der Waals surface area contributed by atoms with Gasteiger partial charge in [-0.05, 0) is 17.5 Å². The normalized spacial score (nSPS) is 14.5. The summed E-state index contributed by atoms with van der Waals surface area (Å²) in [6, 6.07) is 8.24. The van der Waals surface area contributed by atoms with Crippen LogP contribution in [-0.4, -0.2) is 22.5 Å². The molecule has 1 aliphatic rings. The smallest absolute Gasteiger partial charge is 0.259 e. The summed E-state index contributed by atoms with van der Waals surface area (Å²) >= 11 is 0. The molecule has 2 heterocycles. The lowest BCUT2D eigenvalue weighted by Gasteiger charge is -2.28. The lowest BCUT2D eigenvalue weighted by molar-refractivity contribution is 0.0734. The minimum Gasteiger partial charge on any atom is -0.364 e. The second kappa shape index (κ2) is 4.05. The Morgan fingerprint density at radius 1 is 1.29 bits per heavy atom. The molecule has 1 amide bonds. The SMILES string of the molecule is O=C(c1cnoc1)N1CCc2ccccc2C1. The molecule has 0 N–H and O–H groups in total. The van der Waals surface area contributed by atoms with Gasteiger partial charge >= 0.3 is 0 Å². The van der Waals surface area contributed by atoms with Crippen molar-refractivity contribution in [3.8, 4) is 0 Å². The molecular weight excluding hydrogens is 216 g/mol. The topological polar surface area (TPSA) is 46.3 Å². The molecular formula is C13H12N2O2. The fraction of sp³-hybridized carbons (Fsp3) is 0.231. The summed E-state index contributed by atoms with van der Waals surface area (Å²) < 4.78 is 4.70. The molecule has 86 valence electrons. The average molecular weight is 228 g/mol. The van der Waals surface area contributed by atoms with Crippen LogP contribution in [0, 0.1) is 0 Å². The molecule has 0 fully saturated rings. The minimum atomic E-state index is -0.0132. The van der Waals surface area contributed by atoms with Crippen LogP contribution in [0.2, 0.25) is 0 Å². The molecule has 4 heteroatoms. The standard InChI is InChI=1S/C13H12N2O2/c16-13(12-7-14-17-9-12)15-6-5-10-3-1-2-4-11(10)8-15/h1-4,7,9H,5-6,8H2. The van der Waals surface area contributed by atoms with Gasteiger partial charge in [-0.3, -0.25) is 4.79 Å². The van der Waals surface area contributed by atoms with Gasteiger partial charge in [0.2, 0.25) is 0 Å². The molecule has 3 rings (SSSR count). The number of nitrogens with zero attached hydrogens (tertiary/aromatic N) is 2. The zero-order chi connectivity index (χ0) is 11.7. The quantitative estimate of drug-likeness (QED) is 0.748. The molecule has 2 aromatic rings. The van der Waals surface area contributed by atoms with E-state index < -0.39 is 0 Å². The van der Waals surface area contributed by atoms with Crippen LogP contribution >= 0.6 is 0 Å². The van der Waals surface area contributed by atoms with Gasteiger partial charge in [0.15, 0.2) is 0 Å². The maximum Gasteiger partial charge on any atom is 0.259 e. The van der Waals surface area contributed by atoms with Crippen LogP contribution in [0.15, 0.2) is 41.2 Å². The highest BCUT2D eigenvalue weighted by Crippen LogP contribution is 2.19. The van der Waals surface area contributed by atoms with Gasteiger partial charge < -0.3 is 9.42 Å². The van der Waals surface area contributed by atoms with Gasteiger partial charge in [-0.1, -0.05) is 29.4 Å². The van der Waals surface area contributed by atoms with Gasteiger partial charge in [-0.2, -0.15) is 0 Å². The monoisotopic (exact) mass is 228 g/mol. The molecule has 0 bridgehead atoms. The number of carbonyl (C=O) groups is 1. The van der Waals surface area contributed by atoms with Gasteiger partial charge in [0.25, 0.3) is 5.91 Å². The summed E-state index contributed by atoms with van der Waals surface area (Å²) in [5, 5.41) is 3.56.